The van der Waals surface area contributed by atoms with E-state index in [-0.39, 0.29) is 12.4 Å². The van der Waals surface area contributed by atoms with Crippen molar-refractivity contribution in [1.82, 2.24) is 29.6 Å². The summed E-state index contributed by atoms with van der Waals surface area (Å²) >= 11 is 0. The highest BCUT2D eigenvalue weighted by Crippen LogP contribution is 2.23. The smallest absolute Gasteiger partial charge is 0.155 e. The monoisotopic (exact) mass is 330 g/mol. The molecular formula is C16H19ClN6. The average Bonchev–Trinajstić information content (AvgIpc) is 2.99. The number of halogens is 1. The lowest BCUT2D eigenvalue weighted by Crippen LogP contribution is -2.45. The molecule has 0 radical (unpaired) electrons. The van der Waals surface area contributed by atoms with E-state index < -0.39 is 0 Å². The quantitative estimate of drug-likeness (QED) is 0.792. The summed E-state index contributed by atoms with van der Waals surface area (Å²) in [5.41, 5.74) is 3.34. The Morgan fingerprint density at radius 3 is 2.96 bits per heavy atom. The van der Waals surface area contributed by atoms with E-state index >= 15 is 0 Å². The fourth-order valence-electron chi connectivity index (χ4n) is 3.06. The minimum absolute atomic E-state index is 0. The van der Waals surface area contributed by atoms with Crippen LogP contribution in [0.15, 0.2) is 49.3 Å². The van der Waals surface area contributed by atoms with Gasteiger partial charge in [-0.1, -0.05) is 6.07 Å². The van der Waals surface area contributed by atoms with Crippen LogP contribution >= 0.6 is 12.4 Å². The molecule has 1 unspecified atom stereocenters. The van der Waals surface area contributed by atoms with Crippen molar-refractivity contribution in [2.75, 3.05) is 19.6 Å². The Morgan fingerprint density at radius 2 is 2.09 bits per heavy atom. The molecule has 4 rings (SSSR count). The summed E-state index contributed by atoms with van der Waals surface area (Å²) in [7, 11) is 0. The highest BCUT2D eigenvalue weighted by Gasteiger charge is 2.24. The maximum atomic E-state index is 4.43. The lowest BCUT2D eigenvalue weighted by molar-refractivity contribution is 0.151. The van der Waals surface area contributed by atoms with Crippen LogP contribution in [0.1, 0.15) is 17.3 Å². The zero-order chi connectivity index (χ0) is 14.8. The Morgan fingerprint density at radius 1 is 1.17 bits per heavy atom. The molecular weight excluding hydrogens is 312 g/mol. The Bertz CT molecular complexity index is 759. The van der Waals surface area contributed by atoms with Crippen molar-refractivity contribution in [3.63, 3.8) is 0 Å². The van der Waals surface area contributed by atoms with E-state index in [2.05, 4.69) is 35.6 Å². The van der Waals surface area contributed by atoms with E-state index in [1.807, 2.05) is 30.9 Å². The van der Waals surface area contributed by atoms with Crippen LogP contribution in [0.2, 0.25) is 0 Å². The van der Waals surface area contributed by atoms with Crippen molar-refractivity contribution >= 4 is 18.1 Å². The van der Waals surface area contributed by atoms with E-state index in [9.17, 15) is 0 Å². The maximum Gasteiger partial charge on any atom is 0.155 e. The van der Waals surface area contributed by atoms with Crippen LogP contribution in [0.5, 0.6) is 0 Å². The van der Waals surface area contributed by atoms with Crippen LogP contribution in [-0.4, -0.2) is 43.9 Å². The Kier molecular flexibility index (Phi) is 4.85. The molecule has 1 fully saturated rings. The van der Waals surface area contributed by atoms with Crippen molar-refractivity contribution < 1.29 is 0 Å². The molecule has 1 N–H and O–H groups in total. The SMILES string of the molecule is Cl.c1cncc(C2CNCCN2Cc2cnc3cnccn23)c1. The van der Waals surface area contributed by atoms with Crippen LogP contribution in [0.25, 0.3) is 5.65 Å². The third-order valence-corrected chi connectivity index (χ3v) is 4.18. The molecule has 0 aliphatic carbocycles. The molecule has 0 spiro atoms. The van der Waals surface area contributed by atoms with Crippen molar-refractivity contribution in [3.8, 4) is 0 Å². The number of rotatable bonds is 3. The fourth-order valence-corrected chi connectivity index (χ4v) is 3.06. The largest absolute Gasteiger partial charge is 0.314 e. The molecule has 0 saturated carbocycles. The predicted octanol–water partition coefficient (Wildman–Crippen LogP) is 1.69. The molecule has 3 aromatic heterocycles. The summed E-state index contributed by atoms with van der Waals surface area (Å²) in [6, 6.07) is 4.49. The first-order valence-corrected chi connectivity index (χ1v) is 7.52. The van der Waals surface area contributed by atoms with Gasteiger partial charge in [-0.25, -0.2) is 4.98 Å². The van der Waals surface area contributed by atoms with Gasteiger partial charge in [0.25, 0.3) is 0 Å². The van der Waals surface area contributed by atoms with Crippen LogP contribution in [0.4, 0.5) is 0 Å². The van der Waals surface area contributed by atoms with Gasteiger partial charge in [0, 0.05) is 57.0 Å². The first-order chi connectivity index (χ1) is 10.9. The lowest BCUT2D eigenvalue weighted by Gasteiger charge is -2.36. The number of nitrogens with zero attached hydrogens (tertiary/aromatic N) is 5. The minimum Gasteiger partial charge on any atom is -0.314 e. The summed E-state index contributed by atoms with van der Waals surface area (Å²) < 4.78 is 2.11. The lowest BCUT2D eigenvalue weighted by atomic mass is 10.1. The molecule has 0 amide bonds. The Balaban J connectivity index is 0.00000156. The first-order valence-electron chi connectivity index (χ1n) is 7.52. The summed E-state index contributed by atoms with van der Waals surface area (Å²) in [6.07, 6.45) is 11.3. The molecule has 6 nitrogen and oxygen atoms in total. The van der Waals surface area contributed by atoms with Gasteiger partial charge in [-0.2, -0.15) is 0 Å². The molecule has 23 heavy (non-hydrogen) atoms. The normalized spacial score (nSPS) is 18.7. The number of nitrogens with one attached hydrogen (secondary N) is 1. The second-order valence-electron chi connectivity index (χ2n) is 5.53. The summed E-state index contributed by atoms with van der Waals surface area (Å²) in [5.74, 6) is 0. The second-order valence-corrected chi connectivity index (χ2v) is 5.53. The van der Waals surface area contributed by atoms with E-state index in [4.69, 9.17) is 0 Å². The number of hydrogen-bond donors (Lipinski definition) is 1. The minimum atomic E-state index is 0. The van der Waals surface area contributed by atoms with E-state index in [1.54, 1.807) is 12.4 Å². The fraction of sp³-hybridized carbons (Fsp3) is 0.312. The van der Waals surface area contributed by atoms with Gasteiger partial charge in [-0.3, -0.25) is 19.3 Å². The van der Waals surface area contributed by atoms with Gasteiger partial charge < -0.3 is 5.32 Å². The molecule has 4 heterocycles. The second kappa shape index (κ2) is 7.04. The number of imidazole rings is 1. The molecule has 1 aliphatic heterocycles. The topological polar surface area (TPSA) is 58.4 Å². The van der Waals surface area contributed by atoms with E-state index in [0.29, 0.717) is 6.04 Å². The van der Waals surface area contributed by atoms with Gasteiger partial charge in [0.2, 0.25) is 0 Å². The predicted molar refractivity (Wildman–Crippen MR) is 90.5 cm³/mol. The van der Waals surface area contributed by atoms with Crippen LogP contribution < -0.4 is 5.32 Å². The molecule has 1 aliphatic rings. The van der Waals surface area contributed by atoms with Gasteiger partial charge in [-0.05, 0) is 11.6 Å². The Labute approximate surface area is 141 Å². The molecule has 3 aromatic rings. The number of aromatic nitrogens is 4. The third kappa shape index (κ3) is 3.19. The first kappa shape index (κ1) is 15.9. The van der Waals surface area contributed by atoms with Crippen molar-refractivity contribution in [3.05, 3.63) is 60.6 Å². The van der Waals surface area contributed by atoms with Crippen molar-refractivity contribution in [2.24, 2.45) is 0 Å². The summed E-state index contributed by atoms with van der Waals surface area (Å²) in [4.78, 5) is 15.3. The van der Waals surface area contributed by atoms with Crippen LogP contribution in [0, 0.1) is 0 Å². The van der Waals surface area contributed by atoms with Gasteiger partial charge in [0.15, 0.2) is 5.65 Å². The van der Waals surface area contributed by atoms with E-state index in [1.165, 1.54) is 11.3 Å². The van der Waals surface area contributed by atoms with Gasteiger partial charge >= 0.3 is 0 Å². The highest BCUT2D eigenvalue weighted by molar-refractivity contribution is 5.85. The summed E-state index contributed by atoms with van der Waals surface area (Å²) in [6.45, 7) is 3.84. The number of pyridine rings is 1. The number of piperazine rings is 1. The van der Waals surface area contributed by atoms with Crippen LogP contribution in [-0.2, 0) is 6.54 Å². The summed E-state index contributed by atoms with van der Waals surface area (Å²) in [5, 5.41) is 3.48. The maximum absolute atomic E-state index is 4.43. The molecule has 1 saturated heterocycles. The zero-order valence-corrected chi connectivity index (χ0v) is 13.5. The van der Waals surface area contributed by atoms with Crippen molar-refractivity contribution in [1.29, 1.82) is 0 Å². The van der Waals surface area contributed by atoms with Crippen molar-refractivity contribution in [2.45, 2.75) is 12.6 Å². The zero-order valence-electron chi connectivity index (χ0n) is 12.7. The van der Waals surface area contributed by atoms with Crippen LogP contribution in [0.3, 0.4) is 0 Å². The number of hydrogen-bond acceptors (Lipinski definition) is 5. The molecule has 1 atom stereocenters. The van der Waals surface area contributed by atoms with Gasteiger partial charge in [0.05, 0.1) is 18.1 Å². The average molecular weight is 331 g/mol. The number of fused-ring (bicyclic) bond motifs is 1. The molecule has 120 valence electrons. The van der Waals surface area contributed by atoms with E-state index in [0.717, 1.165) is 31.8 Å². The van der Waals surface area contributed by atoms with Gasteiger partial charge in [0.1, 0.15) is 0 Å². The molecule has 7 heteroatoms. The third-order valence-electron chi connectivity index (χ3n) is 4.18. The van der Waals surface area contributed by atoms with Gasteiger partial charge in [-0.15, -0.1) is 12.4 Å². The standard InChI is InChI=1S/C16H18N6.ClH/c1-2-13(8-17-3-1)15-10-18-4-6-21(15)12-14-9-20-16-11-19-5-7-22(14)16;/h1-3,5,7-9,11,15,18H,4,6,10,12H2;1H. The highest BCUT2D eigenvalue weighted by atomic mass is 35.5. The molecule has 0 bridgehead atoms. The Hall–Kier alpha value is -2.02. The molecule has 0 aromatic carbocycles.